The topological polar surface area (TPSA) is 49.3 Å². The van der Waals surface area contributed by atoms with E-state index in [2.05, 4.69) is 11.8 Å². The van der Waals surface area contributed by atoms with Gasteiger partial charge in [0.05, 0.1) is 0 Å². The van der Waals surface area contributed by atoms with E-state index in [1.807, 2.05) is 47.4 Å². The summed E-state index contributed by atoms with van der Waals surface area (Å²) < 4.78 is 13.5. The summed E-state index contributed by atoms with van der Waals surface area (Å²) in [4.78, 5) is 27.1. The van der Waals surface area contributed by atoms with E-state index < -0.39 is 0 Å². The Morgan fingerprint density at radius 2 is 1.68 bits per heavy atom. The van der Waals surface area contributed by atoms with E-state index >= 15 is 0 Å². The number of nitrogens with zero attached hydrogens (tertiary/aromatic N) is 4. The highest BCUT2D eigenvalue weighted by molar-refractivity contribution is 5.80. The van der Waals surface area contributed by atoms with E-state index in [0.29, 0.717) is 12.3 Å². The number of hydrogen-bond acceptors (Lipinski definition) is 4. The number of halogens is 1. The van der Waals surface area contributed by atoms with Crippen molar-refractivity contribution in [1.82, 2.24) is 14.9 Å². The average molecular weight is 459 g/mol. The summed E-state index contributed by atoms with van der Waals surface area (Å²) in [5, 5.41) is 0. The zero-order valence-electron chi connectivity index (χ0n) is 19.7. The molecular formula is C28H31FN4O. The number of carbonyl (C=O) groups excluding carboxylic acids is 1. The summed E-state index contributed by atoms with van der Waals surface area (Å²) >= 11 is 0. The van der Waals surface area contributed by atoms with Crippen LogP contribution in [0.15, 0.2) is 54.6 Å². The van der Waals surface area contributed by atoms with E-state index in [1.54, 1.807) is 0 Å². The molecule has 0 atom stereocenters. The molecule has 2 aliphatic rings. The Hall–Kier alpha value is -3.28. The third-order valence-corrected chi connectivity index (χ3v) is 7.08. The number of benzene rings is 2. The maximum Gasteiger partial charge on any atom is 0.225 e. The van der Waals surface area contributed by atoms with Crippen molar-refractivity contribution in [3.63, 3.8) is 0 Å². The monoisotopic (exact) mass is 458 g/mol. The van der Waals surface area contributed by atoms with Gasteiger partial charge in [0.25, 0.3) is 0 Å². The number of carbonyl (C=O) groups is 1. The van der Waals surface area contributed by atoms with Gasteiger partial charge in [-0.3, -0.25) is 4.79 Å². The molecule has 0 spiro atoms. The molecule has 1 aliphatic carbocycles. The van der Waals surface area contributed by atoms with Gasteiger partial charge in [0.2, 0.25) is 5.91 Å². The molecule has 2 heterocycles. The molecule has 5 nitrogen and oxygen atoms in total. The molecular weight excluding hydrogens is 427 g/mol. The Balaban J connectivity index is 1.47. The minimum Gasteiger partial charge on any atom is -0.353 e. The maximum atomic E-state index is 13.5. The minimum absolute atomic E-state index is 0.232. The fraction of sp³-hybridized carbons (Fsp3) is 0.393. The fourth-order valence-electron chi connectivity index (χ4n) is 4.83. The number of rotatable bonds is 6. The standard InChI is InChI=1S/C28H31FN4O/c1-2-25-24(19-20-11-13-23(29)14-12-20)27(31-26(30-25)21-7-4-3-5-8-21)32-15-17-33(18-16-32)28(34)22-9-6-10-22/h3-5,7-8,11-14,22H,2,6,9-10,15-19H2,1H3. The van der Waals surface area contributed by atoms with Gasteiger partial charge in [0.1, 0.15) is 11.6 Å². The van der Waals surface area contributed by atoms with Crippen molar-refractivity contribution in [2.24, 2.45) is 5.92 Å². The first-order valence-electron chi connectivity index (χ1n) is 12.4. The van der Waals surface area contributed by atoms with Crippen molar-refractivity contribution in [3.8, 4) is 11.4 Å². The van der Waals surface area contributed by atoms with E-state index in [-0.39, 0.29) is 11.7 Å². The number of amides is 1. The second-order valence-electron chi connectivity index (χ2n) is 9.26. The number of hydrogen-bond donors (Lipinski definition) is 0. The van der Waals surface area contributed by atoms with Gasteiger partial charge < -0.3 is 9.80 Å². The first-order valence-corrected chi connectivity index (χ1v) is 12.4. The van der Waals surface area contributed by atoms with E-state index in [4.69, 9.17) is 9.97 Å². The van der Waals surface area contributed by atoms with Crippen molar-refractivity contribution in [1.29, 1.82) is 0 Å². The van der Waals surface area contributed by atoms with Crippen LogP contribution < -0.4 is 4.90 Å². The highest BCUT2D eigenvalue weighted by Crippen LogP contribution is 2.31. The summed E-state index contributed by atoms with van der Waals surface area (Å²) in [6, 6.07) is 16.7. The summed E-state index contributed by atoms with van der Waals surface area (Å²) in [7, 11) is 0. The zero-order chi connectivity index (χ0) is 23.5. The van der Waals surface area contributed by atoms with Crippen LogP contribution >= 0.6 is 0 Å². The van der Waals surface area contributed by atoms with Crippen molar-refractivity contribution in [3.05, 3.63) is 77.2 Å². The predicted octanol–water partition coefficient (Wildman–Crippen LogP) is 4.88. The van der Waals surface area contributed by atoms with Crippen LogP contribution in [0, 0.1) is 11.7 Å². The Morgan fingerprint density at radius 1 is 0.971 bits per heavy atom. The van der Waals surface area contributed by atoms with Gasteiger partial charge in [-0.1, -0.05) is 55.8 Å². The van der Waals surface area contributed by atoms with Crippen LogP contribution in [-0.4, -0.2) is 47.0 Å². The zero-order valence-corrected chi connectivity index (χ0v) is 19.7. The van der Waals surface area contributed by atoms with Crippen molar-refractivity contribution in [2.75, 3.05) is 31.1 Å². The third kappa shape index (κ3) is 4.67. The van der Waals surface area contributed by atoms with Crippen LogP contribution in [0.2, 0.25) is 0 Å². The lowest BCUT2D eigenvalue weighted by Crippen LogP contribution is -2.51. The Labute approximate surface area is 200 Å². The molecule has 1 aromatic heterocycles. The molecule has 1 saturated carbocycles. The number of anilines is 1. The molecule has 6 heteroatoms. The van der Waals surface area contributed by atoms with Crippen LogP contribution in [0.1, 0.15) is 43.0 Å². The van der Waals surface area contributed by atoms with E-state index in [9.17, 15) is 9.18 Å². The first-order chi connectivity index (χ1) is 16.6. The lowest BCUT2D eigenvalue weighted by Gasteiger charge is -2.39. The Bertz CT molecular complexity index is 1140. The van der Waals surface area contributed by atoms with Gasteiger partial charge in [-0.25, -0.2) is 14.4 Å². The van der Waals surface area contributed by atoms with Crippen LogP contribution in [0.3, 0.4) is 0 Å². The van der Waals surface area contributed by atoms with Crippen LogP contribution in [0.4, 0.5) is 10.2 Å². The summed E-state index contributed by atoms with van der Waals surface area (Å²) in [6.45, 7) is 5.06. The molecule has 0 unspecified atom stereocenters. The lowest BCUT2D eigenvalue weighted by atomic mass is 9.84. The first kappa shape index (κ1) is 22.5. The highest BCUT2D eigenvalue weighted by Gasteiger charge is 2.32. The Morgan fingerprint density at radius 3 is 2.29 bits per heavy atom. The van der Waals surface area contributed by atoms with Gasteiger partial charge in [-0.15, -0.1) is 0 Å². The van der Waals surface area contributed by atoms with Gasteiger partial charge >= 0.3 is 0 Å². The maximum absolute atomic E-state index is 13.5. The van der Waals surface area contributed by atoms with Crippen LogP contribution in [0.5, 0.6) is 0 Å². The molecule has 34 heavy (non-hydrogen) atoms. The van der Waals surface area contributed by atoms with Crippen molar-refractivity contribution >= 4 is 11.7 Å². The van der Waals surface area contributed by atoms with Gasteiger partial charge in [-0.05, 0) is 37.0 Å². The number of piperazine rings is 1. The van der Waals surface area contributed by atoms with Crippen molar-refractivity contribution in [2.45, 2.75) is 39.0 Å². The summed E-state index contributed by atoms with van der Waals surface area (Å²) in [5.74, 6) is 1.98. The Kier molecular flexibility index (Phi) is 6.57. The molecule has 2 fully saturated rings. The number of aromatic nitrogens is 2. The van der Waals surface area contributed by atoms with Crippen LogP contribution in [-0.2, 0) is 17.6 Å². The largest absolute Gasteiger partial charge is 0.353 e. The third-order valence-electron chi connectivity index (χ3n) is 7.08. The minimum atomic E-state index is -0.234. The second kappa shape index (κ2) is 9.92. The molecule has 5 rings (SSSR count). The summed E-state index contributed by atoms with van der Waals surface area (Å²) in [5.41, 5.74) is 4.13. The van der Waals surface area contributed by atoms with Crippen molar-refractivity contribution < 1.29 is 9.18 Å². The SMILES string of the molecule is CCc1nc(-c2ccccc2)nc(N2CCN(C(=O)C3CCC3)CC2)c1Cc1ccc(F)cc1. The highest BCUT2D eigenvalue weighted by atomic mass is 19.1. The molecule has 3 aromatic rings. The molecule has 0 N–H and O–H groups in total. The van der Waals surface area contributed by atoms with E-state index in [0.717, 1.165) is 79.5 Å². The summed E-state index contributed by atoms with van der Waals surface area (Å²) in [6.07, 6.45) is 4.67. The molecule has 1 saturated heterocycles. The lowest BCUT2D eigenvalue weighted by molar-refractivity contribution is -0.138. The fourth-order valence-corrected chi connectivity index (χ4v) is 4.83. The molecule has 1 amide bonds. The smallest absolute Gasteiger partial charge is 0.225 e. The van der Waals surface area contributed by atoms with Gasteiger partial charge in [0, 0.05) is 55.3 Å². The normalized spacial score (nSPS) is 16.4. The quantitative estimate of drug-likeness (QED) is 0.528. The van der Waals surface area contributed by atoms with Gasteiger partial charge in [-0.2, -0.15) is 0 Å². The molecule has 176 valence electrons. The van der Waals surface area contributed by atoms with E-state index in [1.165, 1.54) is 18.6 Å². The molecule has 0 bridgehead atoms. The average Bonchev–Trinajstić information content (AvgIpc) is 2.85. The second-order valence-corrected chi connectivity index (χ2v) is 9.26. The molecule has 2 aromatic carbocycles. The van der Waals surface area contributed by atoms with Gasteiger partial charge in [0.15, 0.2) is 5.82 Å². The molecule has 0 radical (unpaired) electrons. The van der Waals surface area contributed by atoms with Crippen LogP contribution in [0.25, 0.3) is 11.4 Å². The number of aryl methyl sites for hydroxylation is 1. The predicted molar refractivity (Wildman–Crippen MR) is 132 cm³/mol. The molecule has 1 aliphatic heterocycles.